The SMILES string of the molecule is O=C1NC(=S)N(c2ccc(Cl)cc2Cl)C(=O)/C1=C/c1ccc(I)cc1. The average molecular weight is 503 g/mol. The van der Waals surface area contributed by atoms with E-state index in [0.717, 1.165) is 9.13 Å². The molecule has 25 heavy (non-hydrogen) atoms. The summed E-state index contributed by atoms with van der Waals surface area (Å²) >= 11 is 19.4. The van der Waals surface area contributed by atoms with Gasteiger partial charge in [0.25, 0.3) is 11.8 Å². The summed E-state index contributed by atoms with van der Waals surface area (Å²) in [5.74, 6) is -1.09. The molecule has 1 aliphatic rings. The summed E-state index contributed by atoms with van der Waals surface area (Å²) in [5, 5.41) is 3.18. The van der Waals surface area contributed by atoms with Crippen LogP contribution in [0.25, 0.3) is 6.08 Å². The van der Waals surface area contributed by atoms with Gasteiger partial charge in [0.05, 0.1) is 10.7 Å². The Morgan fingerprint density at radius 1 is 1.08 bits per heavy atom. The third kappa shape index (κ3) is 3.87. The van der Waals surface area contributed by atoms with Crippen LogP contribution in [-0.2, 0) is 9.59 Å². The Kier molecular flexibility index (Phi) is 5.43. The maximum Gasteiger partial charge on any atom is 0.270 e. The zero-order valence-corrected chi connectivity index (χ0v) is 16.9. The summed E-state index contributed by atoms with van der Waals surface area (Å²) in [6.45, 7) is 0. The second-order valence-corrected chi connectivity index (χ2v) is 7.58. The van der Waals surface area contributed by atoms with E-state index in [1.54, 1.807) is 12.1 Å². The third-order valence-corrected chi connectivity index (χ3v) is 4.97. The molecule has 0 aromatic heterocycles. The molecule has 1 N–H and O–H groups in total. The second kappa shape index (κ2) is 7.41. The van der Waals surface area contributed by atoms with Crippen molar-refractivity contribution in [3.8, 4) is 0 Å². The summed E-state index contributed by atoms with van der Waals surface area (Å²) in [6.07, 6.45) is 1.52. The molecule has 0 saturated carbocycles. The molecule has 0 aliphatic carbocycles. The highest BCUT2D eigenvalue weighted by atomic mass is 127. The monoisotopic (exact) mass is 502 g/mol. The quantitative estimate of drug-likeness (QED) is 0.286. The minimum Gasteiger partial charge on any atom is -0.298 e. The standard InChI is InChI=1S/C17H9Cl2IN2O2S/c18-10-3-6-14(13(19)8-10)22-16(24)12(15(23)21-17(22)25)7-9-1-4-11(20)5-2-9/h1-8H,(H,21,23,25)/b12-7+. The van der Waals surface area contributed by atoms with Crippen LogP contribution in [0, 0.1) is 3.57 Å². The number of benzene rings is 2. The van der Waals surface area contributed by atoms with Crippen molar-refractivity contribution in [1.82, 2.24) is 5.32 Å². The van der Waals surface area contributed by atoms with Crippen molar-refractivity contribution in [1.29, 1.82) is 0 Å². The molecular formula is C17H9Cl2IN2O2S. The zero-order valence-electron chi connectivity index (χ0n) is 12.4. The highest BCUT2D eigenvalue weighted by molar-refractivity contribution is 14.1. The molecule has 0 atom stereocenters. The van der Waals surface area contributed by atoms with Crippen LogP contribution >= 0.6 is 58.0 Å². The van der Waals surface area contributed by atoms with Crippen LogP contribution in [0.3, 0.4) is 0 Å². The Morgan fingerprint density at radius 2 is 1.76 bits per heavy atom. The maximum absolute atomic E-state index is 12.9. The minimum absolute atomic E-state index is 0.0270. The van der Waals surface area contributed by atoms with Crippen molar-refractivity contribution in [2.24, 2.45) is 0 Å². The Labute approximate surface area is 172 Å². The van der Waals surface area contributed by atoms with Gasteiger partial charge in [0.15, 0.2) is 5.11 Å². The van der Waals surface area contributed by atoms with Crippen molar-refractivity contribution < 1.29 is 9.59 Å². The molecule has 126 valence electrons. The summed E-state index contributed by atoms with van der Waals surface area (Å²) in [6, 6.07) is 12.1. The van der Waals surface area contributed by atoms with Crippen LogP contribution in [0.5, 0.6) is 0 Å². The third-order valence-electron chi connectivity index (χ3n) is 3.43. The van der Waals surface area contributed by atoms with Crippen molar-refractivity contribution in [3.05, 3.63) is 67.2 Å². The number of hydrogen-bond acceptors (Lipinski definition) is 3. The Hall–Kier alpha value is -1.48. The van der Waals surface area contributed by atoms with Crippen LogP contribution in [-0.4, -0.2) is 16.9 Å². The number of rotatable bonds is 2. The molecule has 0 bridgehead atoms. The number of nitrogens with zero attached hydrogens (tertiary/aromatic N) is 1. The molecule has 3 rings (SSSR count). The fourth-order valence-electron chi connectivity index (χ4n) is 2.26. The lowest BCUT2D eigenvalue weighted by atomic mass is 10.1. The first-order valence-electron chi connectivity index (χ1n) is 6.99. The molecule has 1 saturated heterocycles. The van der Waals surface area contributed by atoms with Gasteiger partial charge >= 0.3 is 0 Å². The Morgan fingerprint density at radius 3 is 2.40 bits per heavy atom. The topological polar surface area (TPSA) is 49.4 Å². The van der Waals surface area contributed by atoms with E-state index in [1.807, 2.05) is 24.3 Å². The first-order chi connectivity index (χ1) is 11.9. The van der Waals surface area contributed by atoms with Gasteiger partial charge in [-0.1, -0.05) is 35.3 Å². The number of carbonyl (C=O) groups is 2. The summed E-state index contributed by atoms with van der Waals surface area (Å²) in [7, 11) is 0. The van der Waals surface area contributed by atoms with E-state index < -0.39 is 11.8 Å². The van der Waals surface area contributed by atoms with Crippen LogP contribution in [0.1, 0.15) is 5.56 Å². The van der Waals surface area contributed by atoms with Crippen molar-refractivity contribution in [2.45, 2.75) is 0 Å². The van der Waals surface area contributed by atoms with Gasteiger partial charge in [-0.15, -0.1) is 0 Å². The van der Waals surface area contributed by atoms with E-state index in [0.29, 0.717) is 10.7 Å². The van der Waals surface area contributed by atoms with E-state index in [4.69, 9.17) is 35.4 Å². The van der Waals surface area contributed by atoms with Crippen LogP contribution in [0.2, 0.25) is 10.0 Å². The van der Waals surface area contributed by atoms with E-state index >= 15 is 0 Å². The molecular weight excluding hydrogens is 494 g/mol. The van der Waals surface area contributed by atoms with Gasteiger partial charge in [0.2, 0.25) is 0 Å². The van der Waals surface area contributed by atoms with E-state index in [-0.39, 0.29) is 15.7 Å². The number of amides is 2. The maximum atomic E-state index is 12.9. The number of thiocarbonyl (C=S) groups is 1. The lowest BCUT2D eigenvalue weighted by Crippen LogP contribution is -2.54. The largest absolute Gasteiger partial charge is 0.298 e. The van der Waals surface area contributed by atoms with Gasteiger partial charge in [-0.25, -0.2) is 0 Å². The molecule has 1 heterocycles. The number of nitrogens with one attached hydrogen (secondary N) is 1. The molecule has 8 heteroatoms. The zero-order chi connectivity index (χ0) is 18.1. The highest BCUT2D eigenvalue weighted by Gasteiger charge is 2.35. The predicted molar refractivity (Wildman–Crippen MR) is 112 cm³/mol. The molecule has 2 amide bonds. The number of hydrogen-bond donors (Lipinski definition) is 1. The second-order valence-electron chi connectivity index (χ2n) is 5.11. The van der Waals surface area contributed by atoms with Gasteiger partial charge in [-0.3, -0.25) is 19.8 Å². The summed E-state index contributed by atoms with van der Waals surface area (Å²) < 4.78 is 1.05. The first-order valence-corrected chi connectivity index (χ1v) is 9.23. The van der Waals surface area contributed by atoms with Gasteiger partial charge in [-0.05, 0) is 76.8 Å². The molecule has 1 fully saturated rings. The average Bonchev–Trinajstić information content (AvgIpc) is 2.55. The summed E-state index contributed by atoms with van der Waals surface area (Å²) in [5.41, 5.74) is 1.06. The number of anilines is 1. The van der Waals surface area contributed by atoms with Gasteiger partial charge in [-0.2, -0.15) is 0 Å². The first kappa shape index (κ1) is 18.3. The Balaban J connectivity index is 2.03. The van der Waals surface area contributed by atoms with Crippen LogP contribution in [0.4, 0.5) is 5.69 Å². The molecule has 4 nitrogen and oxygen atoms in total. The fraction of sp³-hybridized carbons (Fsp3) is 0. The van der Waals surface area contributed by atoms with Crippen molar-refractivity contribution in [3.63, 3.8) is 0 Å². The van der Waals surface area contributed by atoms with Gasteiger partial charge in [0.1, 0.15) is 5.57 Å². The fourth-order valence-corrected chi connectivity index (χ4v) is 3.39. The Bertz CT molecular complexity index is 929. The number of halogens is 3. The molecule has 0 spiro atoms. The van der Waals surface area contributed by atoms with Crippen molar-refractivity contribution >= 4 is 86.7 Å². The van der Waals surface area contributed by atoms with Crippen LogP contribution in [0.15, 0.2) is 48.0 Å². The molecule has 0 radical (unpaired) electrons. The van der Waals surface area contributed by atoms with Gasteiger partial charge < -0.3 is 0 Å². The van der Waals surface area contributed by atoms with Crippen LogP contribution < -0.4 is 10.2 Å². The highest BCUT2D eigenvalue weighted by Crippen LogP contribution is 2.31. The van der Waals surface area contributed by atoms with E-state index in [9.17, 15) is 9.59 Å². The molecule has 1 aliphatic heterocycles. The smallest absolute Gasteiger partial charge is 0.270 e. The minimum atomic E-state index is -0.546. The lowest BCUT2D eigenvalue weighted by molar-refractivity contribution is -0.122. The van der Waals surface area contributed by atoms with E-state index in [1.165, 1.54) is 17.0 Å². The molecule has 2 aromatic rings. The normalized spacial score (nSPS) is 16.4. The van der Waals surface area contributed by atoms with Crippen molar-refractivity contribution in [2.75, 3.05) is 4.90 Å². The van der Waals surface area contributed by atoms with Gasteiger partial charge in [0, 0.05) is 8.59 Å². The summed E-state index contributed by atoms with van der Waals surface area (Å²) in [4.78, 5) is 26.3. The number of carbonyl (C=O) groups excluding carboxylic acids is 2. The molecule has 2 aromatic carbocycles. The predicted octanol–water partition coefficient (Wildman–Crippen LogP) is 4.43. The molecule has 0 unspecified atom stereocenters. The lowest BCUT2D eigenvalue weighted by Gasteiger charge is -2.29. The van der Waals surface area contributed by atoms with E-state index in [2.05, 4.69) is 27.9 Å².